The van der Waals surface area contributed by atoms with Crippen LogP contribution >= 0.6 is 0 Å². The summed E-state index contributed by atoms with van der Waals surface area (Å²) in [5, 5.41) is 0. The summed E-state index contributed by atoms with van der Waals surface area (Å²) in [6.07, 6.45) is 20.4. The highest BCUT2D eigenvalue weighted by Gasteiger charge is 2.08. The molecule has 0 saturated heterocycles. The third-order valence-corrected chi connectivity index (χ3v) is 5.92. The van der Waals surface area contributed by atoms with Crippen LogP contribution in [0.4, 0.5) is 0 Å². The van der Waals surface area contributed by atoms with E-state index in [1.807, 2.05) is 36.4 Å². The lowest BCUT2D eigenvalue weighted by Gasteiger charge is -2.15. The summed E-state index contributed by atoms with van der Waals surface area (Å²) in [5.74, 6) is 0. The second-order valence-electron chi connectivity index (χ2n) is 8.64. The number of benzene rings is 2. The average Bonchev–Trinajstić information content (AvgIpc) is 2.80. The smallest absolute Gasteiger partial charge is 0.0273 e. The van der Waals surface area contributed by atoms with Crippen molar-refractivity contribution in [2.75, 3.05) is 0 Å². The van der Waals surface area contributed by atoms with Gasteiger partial charge in [0, 0.05) is 0 Å². The van der Waals surface area contributed by atoms with Gasteiger partial charge >= 0.3 is 0 Å². The van der Waals surface area contributed by atoms with Crippen LogP contribution in [-0.2, 0) is 19.3 Å². The molecule has 0 atom stereocenters. The van der Waals surface area contributed by atoms with E-state index in [1.54, 1.807) is 16.7 Å². The third-order valence-electron chi connectivity index (χ3n) is 5.92. The lowest BCUT2D eigenvalue weighted by atomic mass is 9.90. The molecule has 0 radical (unpaired) electrons. The Hall–Kier alpha value is -1.56. The van der Waals surface area contributed by atoms with Crippen LogP contribution in [0.25, 0.3) is 0 Å². The summed E-state index contributed by atoms with van der Waals surface area (Å²) in [5.41, 5.74) is 5.05. The molecule has 0 aliphatic carbocycles. The predicted octanol–water partition coefficient (Wildman–Crippen LogP) is 9.74. The van der Waals surface area contributed by atoms with Crippen molar-refractivity contribution in [2.24, 2.45) is 0 Å². The van der Waals surface area contributed by atoms with Crippen LogP contribution in [0.3, 0.4) is 0 Å². The van der Waals surface area contributed by atoms with Gasteiger partial charge in [-0.15, -0.1) is 0 Å². The molecule has 0 fully saturated rings. The van der Waals surface area contributed by atoms with Crippen molar-refractivity contribution in [3.05, 3.63) is 71.3 Å². The lowest BCUT2D eigenvalue weighted by Crippen LogP contribution is -2.02. The van der Waals surface area contributed by atoms with Gasteiger partial charge < -0.3 is 0 Å². The van der Waals surface area contributed by atoms with Gasteiger partial charge in [-0.2, -0.15) is 0 Å². The maximum Gasteiger partial charge on any atom is -0.0273 e. The summed E-state index contributed by atoms with van der Waals surface area (Å²) < 4.78 is 0. The quantitative estimate of drug-likeness (QED) is 0.257. The molecule has 0 amide bonds. The minimum atomic E-state index is 1.30. The van der Waals surface area contributed by atoms with Gasteiger partial charge in [-0.25, -0.2) is 0 Å². The number of aryl methyl sites for hydroxylation is 2. The summed E-state index contributed by atoms with van der Waals surface area (Å²) in [6, 6.07) is 19.1. The summed E-state index contributed by atoms with van der Waals surface area (Å²) in [4.78, 5) is 0. The summed E-state index contributed by atoms with van der Waals surface area (Å²) >= 11 is 0. The molecule has 0 aliphatic rings. The van der Waals surface area contributed by atoms with Crippen LogP contribution in [-0.4, -0.2) is 0 Å². The highest BCUT2D eigenvalue weighted by Crippen LogP contribution is 2.23. The van der Waals surface area contributed by atoms with Crippen LogP contribution in [0, 0.1) is 0 Å². The Morgan fingerprint density at radius 2 is 0.767 bits per heavy atom. The first-order valence-electron chi connectivity index (χ1n) is 12.9. The van der Waals surface area contributed by atoms with E-state index in [1.165, 1.54) is 96.3 Å². The third kappa shape index (κ3) is 12.9. The highest BCUT2D eigenvalue weighted by atomic mass is 14.1. The van der Waals surface area contributed by atoms with E-state index in [0.717, 1.165) is 0 Å². The van der Waals surface area contributed by atoms with E-state index in [2.05, 4.69) is 39.0 Å². The van der Waals surface area contributed by atoms with E-state index in [9.17, 15) is 0 Å². The molecule has 0 saturated carbocycles. The topological polar surface area (TPSA) is 0 Å². The van der Waals surface area contributed by atoms with Gasteiger partial charge in [0.1, 0.15) is 0 Å². The molecule has 168 valence electrons. The Kier molecular flexibility index (Phi) is 17.1. The van der Waals surface area contributed by atoms with Gasteiger partial charge in [0.25, 0.3) is 0 Å². The molecule has 0 heterocycles. The predicted molar refractivity (Wildman–Crippen MR) is 136 cm³/mol. The van der Waals surface area contributed by atoms with Crippen LogP contribution in [0.2, 0.25) is 0 Å². The maximum atomic E-state index is 2.41. The van der Waals surface area contributed by atoms with E-state index in [4.69, 9.17) is 0 Å². The van der Waals surface area contributed by atoms with Crippen LogP contribution in [0.1, 0.15) is 115 Å². The first kappa shape index (κ1) is 26.5. The van der Waals surface area contributed by atoms with Gasteiger partial charge in [0.05, 0.1) is 0 Å². The minimum absolute atomic E-state index is 1.30. The fraction of sp³-hybridized carbons (Fsp3) is 0.600. The van der Waals surface area contributed by atoms with Crippen LogP contribution < -0.4 is 0 Å². The second-order valence-corrected chi connectivity index (χ2v) is 8.64. The molecular weight excluding hydrogens is 360 g/mol. The van der Waals surface area contributed by atoms with Gasteiger partial charge in [0.2, 0.25) is 0 Å². The highest BCUT2D eigenvalue weighted by molar-refractivity contribution is 5.36. The van der Waals surface area contributed by atoms with Crippen molar-refractivity contribution in [1.29, 1.82) is 0 Å². The minimum Gasteiger partial charge on any atom is -0.0654 e. The van der Waals surface area contributed by atoms with Gasteiger partial charge in [-0.1, -0.05) is 133 Å². The van der Waals surface area contributed by atoms with Crippen molar-refractivity contribution in [1.82, 2.24) is 0 Å². The second kappa shape index (κ2) is 19.4. The van der Waals surface area contributed by atoms with Crippen molar-refractivity contribution in [3.8, 4) is 0 Å². The van der Waals surface area contributed by atoms with Gasteiger partial charge in [-0.3, -0.25) is 0 Å². The number of hydrogen-bond donors (Lipinski definition) is 0. The number of unbranched alkanes of at least 4 members (excludes halogenated alkanes) is 9. The monoisotopic (exact) mass is 408 g/mol. The normalized spacial score (nSPS) is 10.5. The van der Waals surface area contributed by atoms with Crippen molar-refractivity contribution in [2.45, 2.75) is 117 Å². The molecule has 0 spiro atoms. The van der Waals surface area contributed by atoms with E-state index < -0.39 is 0 Å². The van der Waals surface area contributed by atoms with Crippen LogP contribution in [0.5, 0.6) is 0 Å². The van der Waals surface area contributed by atoms with Crippen LogP contribution in [0.15, 0.2) is 54.6 Å². The molecule has 2 aromatic carbocycles. The molecule has 0 bridgehead atoms. The lowest BCUT2D eigenvalue weighted by molar-refractivity contribution is 0.639. The first-order chi connectivity index (χ1) is 14.8. The first-order valence-corrected chi connectivity index (χ1v) is 12.9. The largest absolute Gasteiger partial charge is 0.0654 e. The molecule has 2 rings (SSSR count). The zero-order valence-electron chi connectivity index (χ0n) is 20.3. The van der Waals surface area contributed by atoms with Crippen molar-refractivity contribution in [3.63, 3.8) is 0 Å². The van der Waals surface area contributed by atoms with Crippen molar-refractivity contribution < 1.29 is 0 Å². The average molecular weight is 409 g/mol. The summed E-state index contributed by atoms with van der Waals surface area (Å²) in [6.45, 7) is 6.91. The molecule has 0 aliphatic heterocycles. The molecule has 0 nitrogen and oxygen atoms in total. The molecule has 0 N–H and O–H groups in total. The fourth-order valence-electron chi connectivity index (χ4n) is 4.08. The van der Waals surface area contributed by atoms with E-state index in [0.29, 0.717) is 0 Å². The number of rotatable bonds is 15. The zero-order chi connectivity index (χ0) is 21.7. The maximum absolute atomic E-state index is 2.41. The molecule has 2 aromatic rings. The Bertz CT molecular complexity index is 542. The molecular formula is C30H48. The summed E-state index contributed by atoms with van der Waals surface area (Å²) in [7, 11) is 0. The Labute approximate surface area is 188 Å². The molecule has 0 heteroatoms. The number of hydrogen-bond acceptors (Lipinski definition) is 0. The zero-order valence-corrected chi connectivity index (χ0v) is 20.3. The Balaban J connectivity index is 0.000000637. The fourth-order valence-corrected chi connectivity index (χ4v) is 4.08. The van der Waals surface area contributed by atoms with Crippen molar-refractivity contribution >= 4 is 0 Å². The Morgan fingerprint density at radius 3 is 1.13 bits per heavy atom. The van der Waals surface area contributed by atoms with Gasteiger partial charge in [-0.05, 0) is 55.2 Å². The molecule has 30 heavy (non-hydrogen) atoms. The van der Waals surface area contributed by atoms with E-state index >= 15 is 0 Å². The SMILES string of the molecule is CCCCCCc1cccc(CCCCCC)c1CCCCCC.c1ccccc1. The molecule has 0 aromatic heterocycles. The van der Waals surface area contributed by atoms with E-state index in [-0.39, 0.29) is 0 Å². The Morgan fingerprint density at radius 1 is 0.400 bits per heavy atom. The van der Waals surface area contributed by atoms with Gasteiger partial charge in [0.15, 0.2) is 0 Å². The molecule has 0 unspecified atom stereocenters. The standard InChI is InChI=1S/C24H42.C6H6/c1-4-7-10-13-17-22-19-16-20-23(18-14-11-8-5-2)24(22)21-15-12-9-6-3;1-2-4-6-5-3-1/h16,19-20H,4-15,17-18,21H2,1-3H3;1-6H.